The standard InChI is InChI=1S/C15H16FNO4/c1-20-15(19)13-6-11(18)7-17(13)8-12-5-9-4-10(16)2-3-14(9)21-12/h2-5,11,13,18H,6-8H2,1H3/t11-,13-/m1/s1. The summed E-state index contributed by atoms with van der Waals surface area (Å²) in [6.07, 6.45) is -0.211. The zero-order chi connectivity index (χ0) is 15.0. The van der Waals surface area contributed by atoms with Crippen LogP contribution in [0.2, 0.25) is 0 Å². The van der Waals surface area contributed by atoms with E-state index in [9.17, 15) is 14.3 Å². The number of benzene rings is 1. The molecule has 2 atom stereocenters. The lowest BCUT2D eigenvalue weighted by Crippen LogP contribution is -2.36. The van der Waals surface area contributed by atoms with Crippen molar-refractivity contribution in [2.45, 2.75) is 25.1 Å². The van der Waals surface area contributed by atoms with Gasteiger partial charge in [-0.1, -0.05) is 0 Å². The Morgan fingerprint density at radius 3 is 3.10 bits per heavy atom. The number of aliphatic hydroxyl groups is 1. The molecule has 0 bridgehead atoms. The number of carbonyl (C=O) groups excluding carboxylic acids is 1. The maximum absolute atomic E-state index is 13.2. The molecule has 3 rings (SSSR count). The zero-order valence-corrected chi connectivity index (χ0v) is 11.6. The van der Waals surface area contributed by atoms with Crippen LogP contribution in [0.4, 0.5) is 4.39 Å². The fourth-order valence-corrected chi connectivity index (χ4v) is 2.78. The number of ether oxygens (including phenoxy) is 1. The van der Waals surface area contributed by atoms with Crippen LogP contribution in [0.25, 0.3) is 11.0 Å². The lowest BCUT2D eigenvalue weighted by Gasteiger charge is -2.20. The molecule has 5 nitrogen and oxygen atoms in total. The summed E-state index contributed by atoms with van der Waals surface area (Å²) < 4.78 is 23.6. The third-order valence-corrected chi connectivity index (χ3v) is 3.74. The van der Waals surface area contributed by atoms with Crippen molar-refractivity contribution in [3.63, 3.8) is 0 Å². The lowest BCUT2D eigenvalue weighted by atomic mass is 10.2. The zero-order valence-electron chi connectivity index (χ0n) is 11.6. The molecule has 6 heteroatoms. The van der Waals surface area contributed by atoms with Gasteiger partial charge in [0.2, 0.25) is 0 Å². The summed E-state index contributed by atoms with van der Waals surface area (Å²) in [6, 6.07) is 5.59. The second-order valence-corrected chi connectivity index (χ2v) is 5.25. The summed E-state index contributed by atoms with van der Waals surface area (Å²) in [4.78, 5) is 13.5. The van der Waals surface area contributed by atoms with E-state index in [1.165, 1.54) is 19.2 Å². The van der Waals surface area contributed by atoms with Crippen molar-refractivity contribution < 1.29 is 23.4 Å². The summed E-state index contributed by atoms with van der Waals surface area (Å²) in [5.41, 5.74) is 0.598. The van der Waals surface area contributed by atoms with E-state index < -0.39 is 12.1 Å². The van der Waals surface area contributed by atoms with Gasteiger partial charge in [-0.25, -0.2) is 4.39 Å². The number of fused-ring (bicyclic) bond motifs is 1. The normalized spacial score (nSPS) is 22.8. The largest absolute Gasteiger partial charge is 0.468 e. The predicted molar refractivity (Wildman–Crippen MR) is 73.0 cm³/mol. The third kappa shape index (κ3) is 2.77. The van der Waals surface area contributed by atoms with Crippen LogP contribution in [-0.2, 0) is 16.1 Å². The Labute approximate surface area is 120 Å². The molecule has 1 aromatic carbocycles. The van der Waals surface area contributed by atoms with Crippen LogP contribution >= 0.6 is 0 Å². The highest BCUT2D eigenvalue weighted by Gasteiger charge is 2.37. The van der Waals surface area contributed by atoms with Gasteiger partial charge in [0.1, 0.15) is 23.2 Å². The summed E-state index contributed by atoms with van der Waals surface area (Å²) in [5, 5.41) is 10.4. The van der Waals surface area contributed by atoms with E-state index in [-0.39, 0.29) is 11.8 Å². The molecule has 1 aliphatic heterocycles. The second-order valence-electron chi connectivity index (χ2n) is 5.25. The van der Waals surface area contributed by atoms with E-state index in [4.69, 9.17) is 9.15 Å². The Morgan fingerprint density at radius 1 is 1.52 bits per heavy atom. The number of hydrogen-bond donors (Lipinski definition) is 1. The number of hydrogen-bond acceptors (Lipinski definition) is 5. The van der Waals surface area contributed by atoms with E-state index in [2.05, 4.69) is 0 Å². The quantitative estimate of drug-likeness (QED) is 0.872. The molecule has 0 saturated carbocycles. The third-order valence-electron chi connectivity index (χ3n) is 3.74. The first-order chi connectivity index (χ1) is 10.1. The van der Waals surface area contributed by atoms with Crippen molar-refractivity contribution in [3.05, 3.63) is 35.8 Å². The molecule has 1 fully saturated rings. The van der Waals surface area contributed by atoms with Gasteiger partial charge in [0, 0.05) is 18.4 Å². The highest BCUT2D eigenvalue weighted by Crippen LogP contribution is 2.25. The molecule has 2 heterocycles. The average Bonchev–Trinajstić information content (AvgIpc) is 3.00. The SMILES string of the molecule is COC(=O)[C@H]1C[C@@H](O)CN1Cc1cc2cc(F)ccc2o1. The first-order valence-electron chi connectivity index (χ1n) is 6.74. The summed E-state index contributed by atoms with van der Waals surface area (Å²) in [5.74, 6) is -0.0637. The first kappa shape index (κ1) is 14.0. The molecule has 0 radical (unpaired) electrons. The van der Waals surface area contributed by atoms with Crippen LogP contribution in [-0.4, -0.2) is 41.8 Å². The molecule has 0 unspecified atom stereocenters. The maximum atomic E-state index is 13.2. The van der Waals surface area contributed by atoms with Gasteiger partial charge in [0.25, 0.3) is 0 Å². The number of halogens is 1. The number of carbonyl (C=O) groups is 1. The molecular weight excluding hydrogens is 277 g/mol. The van der Waals surface area contributed by atoms with Gasteiger partial charge in [0.05, 0.1) is 19.8 Å². The predicted octanol–water partition coefficient (Wildman–Crippen LogP) is 1.68. The number of β-amino-alcohol motifs (C(OH)–C–C–N with tert-alkyl or cyclic N) is 1. The van der Waals surface area contributed by atoms with Crippen LogP contribution in [0, 0.1) is 5.82 Å². The highest BCUT2D eigenvalue weighted by molar-refractivity contribution is 5.78. The molecular formula is C15H16FNO4. The van der Waals surface area contributed by atoms with Crippen LogP contribution in [0.3, 0.4) is 0 Å². The van der Waals surface area contributed by atoms with Gasteiger partial charge < -0.3 is 14.3 Å². The number of esters is 1. The average molecular weight is 293 g/mol. The fourth-order valence-electron chi connectivity index (χ4n) is 2.78. The Bertz CT molecular complexity index is 669. The molecule has 0 amide bonds. The Hall–Kier alpha value is -1.92. The summed E-state index contributed by atoms with van der Waals surface area (Å²) >= 11 is 0. The number of furan rings is 1. The Balaban J connectivity index is 1.81. The minimum atomic E-state index is -0.559. The minimum Gasteiger partial charge on any atom is -0.468 e. The number of likely N-dealkylation sites (tertiary alicyclic amines) is 1. The van der Waals surface area contributed by atoms with Gasteiger partial charge in [-0.15, -0.1) is 0 Å². The smallest absolute Gasteiger partial charge is 0.323 e. The van der Waals surface area contributed by atoms with Crippen molar-refractivity contribution in [2.75, 3.05) is 13.7 Å². The summed E-state index contributed by atoms with van der Waals surface area (Å²) in [7, 11) is 1.33. The monoisotopic (exact) mass is 293 g/mol. The molecule has 2 aromatic rings. The fraction of sp³-hybridized carbons (Fsp3) is 0.400. The Morgan fingerprint density at radius 2 is 2.33 bits per heavy atom. The van der Waals surface area contributed by atoms with E-state index in [0.29, 0.717) is 36.2 Å². The molecule has 21 heavy (non-hydrogen) atoms. The van der Waals surface area contributed by atoms with Crippen LogP contribution in [0.1, 0.15) is 12.2 Å². The van der Waals surface area contributed by atoms with Gasteiger partial charge in [-0.3, -0.25) is 9.69 Å². The Kier molecular flexibility index (Phi) is 3.65. The molecule has 112 valence electrons. The summed E-state index contributed by atoms with van der Waals surface area (Å²) in [6.45, 7) is 0.748. The van der Waals surface area contributed by atoms with Crippen molar-refractivity contribution in [1.82, 2.24) is 4.90 Å². The maximum Gasteiger partial charge on any atom is 0.323 e. The van der Waals surface area contributed by atoms with Crippen LogP contribution in [0.5, 0.6) is 0 Å². The van der Waals surface area contributed by atoms with E-state index in [0.717, 1.165) is 0 Å². The van der Waals surface area contributed by atoms with E-state index >= 15 is 0 Å². The van der Waals surface area contributed by atoms with Gasteiger partial charge in [-0.05, 0) is 24.3 Å². The molecule has 1 aliphatic rings. The number of nitrogens with zero attached hydrogens (tertiary/aromatic N) is 1. The topological polar surface area (TPSA) is 62.9 Å². The highest BCUT2D eigenvalue weighted by atomic mass is 19.1. The van der Waals surface area contributed by atoms with Crippen molar-refractivity contribution in [1.29, 1.82) is 0 Å². The molecule has 0 spiro atoms. The molecule has 1 aromatic heterocycles. The van der Waals surface area contributed by atoms with Gasteiger partial charge >= 0.3 is 5.97 Å². The van der Waals surface area contributed by atoms with E-state index in [1.54, 1.807) is 12.1 Å². The first-order valence-corrected chi connectivity index (χ1v) is 6.74. The van der Waals surface area contributed by atoms with Crippen LogP contribution < -0.4 is 0 Å². The molecule has 0 aliphatic carbocycles. The number of methoxy groups -OCH3 is 1. The number of rotatable bonds is 3. The van der Waals surface area contributed by atoms with Gasteiger partial charge in [-0.2, -0.15) is 0 Å². The van der Waals surface area contributed by atoms with Crippen LogP contribution in [0.15, 0.2) is 28.7 Å². The second kappa shape index (κ2) is 5.46. The molecule has 1 N–H and O–H groups in total. The van der Waals surface area contributed by atoms with Crippen molar-refractivity contribution >= 4 is 16.9 Å². The van der Waals surface area contributed by atoms with Crippen molar-refractivity contribution in [3.8, 4) is 0 Å². The lowest BCUT2D eigenvalue weighted by molar-refractivity contribution is -0.146. The van der Waals surface area contributed by atoms with Gasteiger partial charge in [0.15, 0.2) is 0 Å². The van der Waals surface area contributed by atoms with Crippen molar-refractivity contribution in [2.24, 2.45) is 0 Å². The van der Waals surface area contributed by atoms with E-state index in [1.807, 2.05) is 4.90 Å². The minimum absolute atomic E-state index is 0.320. The molecule has 1 saturated heterocycles. The number of aliphatic hydroxyl groups excluding tert-OH is 1.